The third-order valence-corrected chi connectivity index (χ3v) is 5.48. The number of non-ortho nitro benzene ring substituents is 1. The fourth-order valence-electron chi connectivity index (χ4n) is 2.29. The monoisotopic (exact) mass is 467 g/mol. The Morgan fingerprint density at radius 2 is 1.67 bits per heavy atom. The zero-order chi connectivity index (χ0) is 21.9. The Hall–Kier alpha value is -3.14. The van der Waals surface area contributed by atoms with Crippen molar-refractivity contribution >= 4 is 45.0 Å². The SMILES string of the molecule is O=C(Oc1ccc(Cl)cc1Cl)c1ccc(OS(=O)(=O)c2cccc([N+](=O)[O-])c2)cc1. The maximum absolute atomic E-state index is 12.3. The van der Waals surface area contributed by atoms with Crippen LogP contribution in [0.1, 0.15) is 10.4 Å². The summed E-state index contributed by atoms with van der Waals surface area (Å²) in [6, 6.07) is 13.9. The maximum Gasteiger partial charge on any atom is 0.343 e. The first-order valence-electron chi connectivity index (χ1n) is 8.12. The minimum Gasteiger partial charge on any atom is -0.421 e. The fraction of sp³-hybridized carbons (Fsp3) is 0. The molecule has 0 saturated heterocycles. The van der Waals surface area contributed by atoms with Gasteiger partial charge in [-0.05, 0) is 48.5 Å². The van der Waals surface area contributed by atoms with Gasteiger partial charge in [0.25, 0.3) is 5.69 Å². The van der Waals surface area contributed by atoms with Crippen LogP contribution in [0.15, 0.2) is 71.6 Å². The standard InChI is InChI=1S/C19H11Cl2NO7S/c20-13-6-9-18(17(21)10-13)28-19(23)12-4-7-15(8-5-12)29-30(26,27)16-3-1-2-14(11-16)22(24)25/h1-11H. The molecule has 0 aliphatic carbocycles. The van der Waals surface area contributed by atoms with Crippen molar-refractivity contribution in [3.8, 4) is 11.5 Å². The second-order valence-electron chi connectivity index (χ2n) is 5.78. The Balaban J connectivity index is 1.74. The number of hydrogen-bond acceptors (Lipinski definition) is 7. The summed E-state index contributed by atoms with van der Waals surface area (Å²) in [7, 11) is -4.31. The molecule has 154 valence electrons. The van der Waals surface area contributed by atoms with Crippen LogP contribution in [0.3, 0.4) is 0 Å². The summed E-state index contributed by atoms with van der Waals surface area (Å²) in [4.78, 5) is 22.0. The predicted molar refractivity (Wildman–Crippen MR) is 109 cm³/mol. The number of ether oxygens (including phenoxy) is 1. The highest BCUT2D eigenvalue weighted by molar-refractivity contribution is 7.87. The van der Waals surface area contributed by atoms with Gasteiger partial charge in [-0.3, -0.25) is 10.1 Å². The lowest BCUT2D eigenvalue weighted by atomic mass is 10.2. The molecule has 0 aliphatic rings. The van der Waals surface area contributed by atoms with E-state index < -0.39 is 26.7 Å². The molecule has 0 aromatic heterocycles. The van der Waals surface area contributed by atoms with Crippen LogP contribution in [0.4, 0.5) is 5.69 Å². The summed E-state index contributed by atoms with van der Waals surface area (Å²) >= 11 is 11.7. The Kier molecular flexibility index (Phi) is 6.25. The van der Waals surface area contributed by atoms with Crippen molar-refractivity contribution in [3.05, 3.63) is 92.5 Å². The van der Waals surface area contributed by atoms with Crippen LogP contribution in [-0.4, -0.2) is 19.3 Å². The number of halogens is 2. The molecule has 0 unspecified atom stereocenters. The molecule has 0 aliphatic heterocycles. The van der Waals surface area contributed by atoms with E-state index >= 15 is 0 Å². The van der Waals surface area contributed by atoms with E-state index in [1.165, 1.54) is 54.6 Å². The first kappa shape index (κ1) is 21.6. The van der Waals surface area contributed by atoms with E-state index in [4.69, 9.17) is 32.1 Å². The van der Waals surface area contributed by atoms with E-state index in [0.717, 1.165) is 12.1 Å². The van der Waals surface area contributed by atoms with Crippen molar-refractivity contribution in [2.24, 2.45) is 0 Å². The Morgan fingerprint density at radius 1 is 0.967 bits per heavy atom. The lowest BCUT2D eigenvalue weighted by molar-refractivity contribution is -0.385. The largest absolute Gasteiger partial charge is 0.421 e. The van der Waals surface area contributed by atoms with Crippen molar-refractivity contribution in [2.75, 3.05) is 0 Å². The van der Waals surface area contributed by atoms with E-state index in [9.17, 15) is 23.3 Å². The Labute approximate surface area is 180 Å². The summed E-state index contributed by atoms with van der Waals surface area (Å²) in [6.45, 7) is 0. The van der Waals surface area contributed by atoms with Gasteiger partial charge in [0.05, 0.1) is 15.5 Å². The van der Waals surface area contributed by atoms with E-state index in [-0.39, 0.29) is 27.0 Å². The van der Waals surface area contributed by atoms with Crippen LogP contribution in [-0.2, 0) is 10.1 Å². The van der Waals surface area contributed by atoms with Crippen molar-refractivity contribution < 1.29 is 27.1 Å². The van der Waals surface area contributed by atoms with Crippen molar-refractivity contribution in [2.45, 2.75) is 4.90 Å². The van der Waals surface area contributed by atoms with E-state index in [1.54, 1.807) is 0 Å². The summed E-state index contributed by atoms with van der Waals surface area (Å²) in [5.41, 5.74) is -0.278. The molecule has 3 aromatic carbocycles. The summed E-state index contributed by atoms with van der Waals surface area (Å²) in [5, 5.41) is 11.4. The molecule has 0 fully saturated rings. The van der Waals surface area contributed by atoms with Gasteiger partial charge in [0, 0.05) is 17.2 Å². The van der Waals surface area contributed by atoms with Crippen LogP contribution in [0, 0.1) is 10.1 Å². The molecule has 0 amide bonds. The first-order valence-corrected chi connectivity index (χ1v) is 10.3. The molecule has 0 N–H and O–H groups in total. The Bertz CT molecular complexity index is 1230. The van der Waals surface area contributed by atoms with E-state index in [0.29, 0.717) is 5.02 Å². The fourth-order valence-corrected chi connectivity index (χ4v) is 3.71. The van der Waals surface area contributed by atoms with Crippen molar-refractivity contribution in [1.29, 1.82) is 0 Å². The van der Waals surface area contributed by atoms with Gasteiger partial charge in [-0.15, -0.1) is 0 Å². The maximum atomic E-state index is 12.3. The number of esters is 1. The quantitative estimate of drug-likeness (QED) is 0.166. The van der Waals surface area contributed by atoms with Gasteiger partial charge in [0.2, 0.25) is 0 Å². The van der Waals surface area contributed by atoms with Crippen LogP contribution in [0.2, 0.25) is 10.0 Å². The molecule has 0 heterocycles. The Morgan fingerprint density at radius 3 is 2.30 bits per heavy atom. The second-order valence-corrected chi connectivity index (χ2v) is 8.17. The number of nitro benzene ring substituents is 1. The summed E-state index contributed by atoms with van der Waals surface area (Å²) in [5.74, 6) is -0.713. The van der Waals surface area contributed by atoms with Crippen LogP contribution < -0.4 is 8.92 Å². The lowest BCUT2D eigenvalue weighted by Gasteiger charge is -2.09. The topological polar surface area (TPSA) is 113 Å². The molecule has 11 heteroatoms. The third kappa shape index (κ3) is 5.07. The highest BCUT2D eigenvalue weighted by Crippen LogP contribution is 2.28. The molecule has 3 rings (SSSR count). The molecule has 0 saturated carbocycles. The summed E-state index contributed by atoms with van der Waals surface area (Å²) in [6.07, 6.45) is 0. The van der Waals surface area contributed by atoms with E-state index in [2.05, 4.69) is 0 Å². The third-order valence-electron chi connectivity index (χ3n) is 3.71. The zero-order valence-corrected chi connectivity index (χ0v) is 17.1. The normalized spacial score (nSPS) is 11.0. The average molecular weight is 468 g/mol. The van der Waals surface area contributed by atoms with Gasteiger partial charge < -0.3 is 8.92 Å². The number of carbonyl (C=O) groups excluding carboxylic acids is 1. The highest BCUT2D eigenvalue weighted by atomic mass is 35.5. The molecule has 3 aromatic rings. The first-order chi connectivity index (χ1) is 14.2. The number of nitrogens with zero attached hydrogens (tertiary/aromatic N) is 1. The predicted octanol–water partition coefficient (Wildman–Crippen LogP) is 4.89. The smallest absolute Gasteiger partial charge is 0.343 e. The number of rotatable bonds is 6. The van der Waals surface area contributed by atoms with Gasteiger partial charge in [-0.25, -0.2) is 4.79 Å². The minimum absolute atomic E-state index is 0.0948. The van der Waals surface area contributed by atoms with Crippen LogP contribution >= 0.6 is 23.2 Å². The molecule has 8 nitrogen and oxygen atoms in total. The van der Waals surface area contributed by atoms with Gasteiger partial charge in [0.1, 0.15) is 16.4 Å². The second kappa shape index (κ2) is 8.70. The molecule has 0 radical (unpaired) electrons. The van der Waals surface area contributed by atoms with Crippen LogP contribution in [0.25, 0.3) is 0 Å². The van der Waals surface area contributed by atoms with Crippen molar-refractivity contribution in [1.82, 2.24) is 0 Å². The molecule has 0 spiro atoms. The molecule has 30 heavy (non-hydrogen) atoms. The van der Waals surface area contributed by atoms with Crippen molar-refractivity contribution in [3.63, 3.8) is 0 Å². The zero-order valence-electron chi connectivity index (χ0n) is 14.8. The van der Waals surface area contributed by atoms with Gasteiger partial charge in [-0.1, -0.05) is 29.3 Å². The number of nitro groups is 1. The number of hydrogen-bond donors (Lipinski definition) is 0. The van der Waals surface area contributed by atoms with Crippen LogP contribution in [0.5, 0.6) is 11.5 Å². The number of benzene rings is 3. The molecular weight excluding hydrogens is 457 g/mol. The molecule has 0 bridgehead atoms. The summed E-state index contributed by atoms with van der Waals surface area (Å²) < 4.78 is 34.8. The lowest BCUT2D eigenvalue weighted by Crippen LogP contribution is -2.11. The van der Waals surface area contributed by atoms with E-state index in [1.807, 2.05) is 0 Å². The number of carbonyl (C=O) groups is 1. The van der Waals surface area contributed by atoms with Gasteiger partial charge in [0.15, 0.2) is 0 Å². The van der Waals surface area contributed by atoms with Gasteiger partial charge >= 0.3 is 16.1 Å². The minimum atomic E-state index is -4.31. The molecule has 0 atom stereocenters. The highest BCUT2D eigenvalue weighted by Gasteiger charge is 2.20. The molecular formula is C19H11Cl2NO7S. The average Bonchev–Trinajstić information content (AvgIpc) is 2.70. The van der Waals surface area contributed by atoms with Gasteiger partial charge in [-0.2, -0.15) is 8.42 Å².